The molecule has 0 spiro atoms. The molecule has 0 aliphatic carbocycles. The Kier molecular flexibility index (Phi) is 19.0. The van der Waals surface area contributed by atoms with Crippen molar-refractivity contribution in [1.82, 2.24) is 19.9 Å². The highest BCUT2D eigenvalue weighted by atomic mass is 33.1. The lowest BCUT2D eigenvalue weighted by molar-refractivity contribution is -0.0579. The summed E-state index contributed by atoms with van der Waals surface area (Å²) in [5, 5.41) is 15.3. The minimum Gasteiger partial charge on any atom is -0.450 e. The van der Waals surface area contributed by atoms with Gasteiger partial charge in [0, 0.05) is 35.5 Å². The third kappa shape index (κ3) is 16.3. The number of nitrogen functional groups attached to an aromatic ring is 1. The van der Waals surface area contributed by atoms with Gasteiger partial charge in [-0.05, 0) is 38.6 Å². The number of hydrogen-bond donors (Lipinski definition) is 6. The Morgan fingerprint density at radius 3 is 2.76 bits per heavy atom. The molecule has 3 heterocycles. The van der Waals surface area contributed by atoms with E-state index in [4.69, 9.17) is 49.6 Å². The molecule has 1 saturated heterocycles. The molecule has 0 saturated carbocycles. The zero-order valence-electron chi connectivity index (χ0n) is 28.9. The predicted molar refractivity (Wildman–Crippen MR) is 196 cm³/mol. The van der Waals surface area contributed by atoms with Crippen molar-refractivity contribution >= 4 is 68.4 Å². The zero-order valence-corrected chi connectivity index (χ0v) is 33.3. The number of hydrogen-bond acceptors (Lipinski definition) is 18. The molecule has 302 valence electrons. The molecule has 2 aromatic heterocycles. The van der Waals surface area contributed by atoms with Gasteiger partial charge in [0.05, 0.1) is 36.8 Å². The second-order valence-electron chi connectivity index (χ2n) is 11.5. The van der Waals surface area contributed by atoms with Crippen molar-refractivity contribution in [2.75, 3.05) is 51.4 Å². The Hall–Kier alpha value is -2.45. The van der Waals surface area contributed by atoms with Crippen molar-refractivity contribution in [2.24, 2.45) is 5.11 Å². The maximum absolute atomic E-state index is 12.3. The summed E-state index contributed by atoms with van der Waals surface area (Å²) in [6, 6.07) is 0. The molecule has 1 aliphatic heterocycles. The number of carbonyl (C=O) groups excluding carboxylic acids is 1. The van der Waals surface area contributed by atoms with Crippen molar-refractivity contribution in [3.63, 3.8) is 0 Å². The molecule has 1 aliphatic rings. The van der Waals surface area contributed by atoms with E-state index in [-0.39, 0.29) is 42.4 Å². The Morgan fingerprint density at radius 1 is 1.28 bits per heavy atom. The predicted octanol–water partition coefficient (Wildman–Crippen LogP) is 3.96. The normalized spacial score (nSPS) is 19.0. The van der Waals surface area contributed by atoms with Crippen LogP contribution in [0, 0.1) is 11.8 Å². The molecule has 2 aromatic rings. The van der Waals surface area contributed by atoms with Gasteiger partial charge in [0.1, 0.15) is 42.8 Å². The van der Waals surface area contributed by atoms with Crippen molar-refractivity contribution < 1.29 is 70.4 Å². The average Bonchev–Trinajstić information content (AvgIpc) is 3.65. The van der Waals surface area contributed by atoms with Crippen LogP contribution in [-0.4, -0.2) is 103 Å². The lowest BCUT2D eigenvalue weighted by atomic mass is 10.1. The third-order valence-electron chi connectivity index (χ3n) is 6.91. The fourth-order valence-electron chi connectivity index (χ4n) is 4.54. The maximum atomic E-state index is 12.3. The number of aliphatic hydroxyl groups excluding tert-OH is 1. The lowest BCUT2D eigenvalue weighted by Gasteiger charge is -2.21. The summed E-state index contributed by atoms with van der Waals surface area (Å²) in [5.74, 6) is 6.31. The van der Waals surface area contributed by atoms with E-state index in [0.717, 1.165) is 0 Å². The van der Waals surface area contributed by atoms with E-state index in [0.29, 0.717) is 42.8 Å². The second kappa shape index (κ2) is 22.3. The number of fused-ring (bicyclic) bond motifs is 1. The topological polar surface area (TPSA) is 331 Å². The number of aromatic nitrogens is 3. The molecule has 1 amide bonds. The number of ether oxygens (including phenoxy) is 4. The summed E-state index contributed by atoms with van der Waals surface area (Å²) in [5.41, 5.74) is 15.4. The molecule has 54 heavy (non-hydrogen) atoms. The van der Waals surface area contributed by atoms with Gasteiger partial charge in [0.25, 0.3) is 0 Å². The second-order valence-corrected chi connectivity index (χ2v) is 18.6. The van der Waals surface area contributed by atoms with Gasteiger partial charge in [-0.1, -0.05) is 38.5 Å². The fraction of sp³-hybridized carbons (Fsp3) is 0.654. The van der Waals surface area contributed by atoms with Gasteiger partial charge < -0.3 is 54.4 Å². The van der Waals surface area contributed by atoms with E-state index < -0.39 is 61.8 Å². The van der Waals surface area contributed by atoms with Crippen LogP contribution in [0.4, 0.5) is 10.6 Å². The van der Waals surface area contributed by atoms with E-state index >= 15 is 0 Å². The van der Waals surface area contributed by atoms with Gasteiger partial charge in [-0.2, -0.15) is 0 Å². The van der Waals surface area contributed by atoms with E-state index in [2.05, 4.69) is 59.6 Å². The number of carbonyl (C=O) groups is 1. The van der Waals surface area contributed by atoms with Gasteiger partial charge in [-0.3, -0.25) is 9.09 Å². The van der Waals surface area contributed by atoms with Crippen molar-refractivity contribution in [1.29, 1.82) is 0 Å². The molecular weight excluding hydrogens is 821 g/mol. The SMILES string of the molecule is CC(C)(CCO)SSCOCCCCOC(=O)NCC#Cc1cn([C@H]2C[C@H](OCN=[N+]=[N-])[C@@H](COP(=O)(O)O[PH](=O)OP(=O)(O)O)O2)c2ncnc(N)c12. The number of anilines is 1. The first-order chi connectivity index (χ1) is 25.5. The van der Waals surface area contributed by atoms with Gasteiger partial charge in [-0.25, -0.2) is 32.5 Å². The van der Waals surface area contributed by atoms with Crippen molar-refractivity contribution in [2.45, 2.75) is 62.7 Å². The molecule has 3 rings (SSSR count). The Bertz CT molecular complexity index is 1790. The number of azide groups is 1. The third-order valence-corrected chi connectivity index (χ3v) is 13.5. The number of aliphatic hydroxyl groups is 1. The minimum atomic E-state index is -5.29. The molecular formula is C26H41N8O15P3S2. The van der Waals surface area contributed by atoms with Crippen LogP contribution in [0.2, 0.25) is 0 Å². The first-order valence-electron chi connectivity index (χ1n) is 15.8. The first kappa shape index (κ1) is 45.9. The number of alkyl carbamates (subject to hydrolysis) is 1. The van der Waals surface area contributed by atoms with Crippen LogP contribution in [0.1, 0.15) is 51.3 Å². The number of unbranched alkanes of at least 4 members (excludes halogenated alkanes) is 1. The minimum absolute atomic E-state index is 0.0425. The summed E-state index contributed by atoms with van der Waals surface area (Å²) in [7, 11) is -11.4. The number of nitrogens with zero attached hydrogens (tertiary/aromatic N) is 6. The molecule has 0 radical (unpaired) electrons. The van der Waals surface area contributed by atoms with E-state index in [1.54, 1.807) is 32.4 Å². The molecule has 0 aromatic carbocycles. The van der Waals surface area contributed by atoms with Crippen molar-refractivity contribution in [3.05, 3.63) is 28.5 Å². The number of nitrogens with one attached hydrogen (secondary N) is 1. The monoisotopic (exact) mass is 862 g/mol. The number of rotatable bonds is 23. The number of phosphoric acid groups is 2. The Morgan fingerprint density at radius 2 is 2.04 bits per heavy atom. The number of nitrogens with two attached hydrogens (primary N) is 1. The Labute approximate surface area is 317 Å². The van der Waals surface area contributed by atoms with Gasteiger partial charge in [0.15, 0.2) is 0 Å². The van der Waals surface area contributed by atoms with Gasteiger partial charge in [-0.15, -0.1) is 0 Å². The quantitative estimate of drug-likeness (QED) is 0.0135. The number of phosphoric ester groups is 1. The van der Waals surface area contributed by atoms with Crippen LogP contribution in [0.25, 0.3) is 21.5 Å². The highest BCUT2D eigenvalue weighted by Gasteiger charge is 2.40. The molecule has 7 N–H and O–H groups in total. The van der Waals surface area contributed by atoms with Crippen LogP contribution < -0.4 is 11.1 Å². The summed E-state index contributed by atoms with van der Waals surface area (Å²) in [6.45, 7) is 3.70. The molecule has 1 fully saturated rings. The van der Waals surface area contributed by atoms with Gasteiger partial charge >= 0.3 is 30.0 Å². The highest BCUT2D eigenvalue weighted by Crippen LogP contribution is 2.58. The average molecular weight is 863 g/mol. The standard InChI is InChI=1S/C26H41N8O15P3S2/c1-26(2,7-9-35)54-53-17-43-10-3-4-11-44-25(36)29-8-5-6-18-13-34(24-22(18)23(27)30-15-31-24)21-12-19(45-16-32-33-28)20(47-21)14-46-52(41,42)49-50(37)48-51(38,39)40/h13,15,19-21,35,50H,3-4,7-12,14,16-17H2,1-2H3,(H,29,36)(H,41,42)(H2,27,30,31)(H2,38,39,40)/t19-,20+,21+/m0/s1. The smallest absolute Gasteiger partial charge is 0.450 e. The van der Waals surface area contributed by atoms with Crippen LogP contribution in [0.5, 0.6) is 0 Å². The van der Waals surface area contributed by atoms with Crippen molar-refractivity contribution in [3.8, 4) is 11.8 Å². The van der Waals surface area contributed by atoms with E-state index in [9.17, 15) is 23.4 Å². The molecule has 23 nitrogen and oxygen atoms in total. The lowest BCUT2D eigenvalue weighted by Crippen LogP contribution is -2.29. The fourth-order valence-corrected chi connectivity index (χ4v) is 9.33. The van der Waals surface area contributed by atoms with Crippen LogP contribution in [0.15, 0.2) is 17.6 Å². The highest BCUT2D eigenvalue weighted by molar-refractivity contribution is 8.77. The maximum Gasteiger partial charge on any atom is 0.479 e. The summed E-state index contributed by atoms with van der Waals surface area (Å²) < 4.78 is 71.3. The molecule has 28 heteroatoms. The molecule has 2 unspecified atom stereocenters. The molecule has 5 atom stereocenters. The largest absolute Gasteiger partial charge is 0.479 e. The van der Waals surface area contributed by atoms with E-state index in [1.165, 1.54) is 6.33 Å². The van der Waals surface area contributed by atoms with Crippen LogP contribution in [0.3, 0.4) is 0 Å². The zero-order chi connectivity index (χ0) is 39.8. The van der Waals surface area contributed by atoms with Gasteiger partial charge in [0.2, 0.25) is 0 Å². The first-order valence-corrected chi connectivity index (χ1v) is 22.3. The van der Waals surface area contributed by atoms with E-state index in [1.807, 2.05) is 0 Å². The summed E-state index contributed by atoms with van der Waals surface area (Å²) >= 11 is 0. The Balaban J connectivity index is 1.56. The summed E-state index contributed by atoms with van der Waals surface area (Å²) in [4.78, 5) is 50.4. The number of amides is 1. The summed E-state index contributed by atoms with van der Waals surface area (Å²) in [6.07, 6.45) is 1.20. The molecule has 0 bridgehead atoms. The van der Waals surface area contributed by atoms with Crippen LogP contribution in [-0.2, 0) is 45.8 Å². The van der Waals surface area contributed by atoms with Crippen LogP contribution >= 0.6 is 45.5 Å².